The molecule has 0 spiro atoms. The second kappa shape index (κ2) is 3.88. The summed E-state index contributed by atoms with van der Waals surface area (Å²) in [6.45, 7) is 0. The minimum atomic E-state index is -0.277. The lowest BCUT2D eigenvalue weighted by atomic mass is 10.3. The van der Waals surface area contributed by atoms with Gasteiger partial charge in [-0.05, 0) is 12.1 Å². The normalized spacial score (nSPS) is 9.00. The number of rotatable bonds is 2. The molecule has 0 saturated heterocycles. The fourth-order valence-corrected chi connectivity index (χ4v) is 1.54. The number of ether oxygens (including phenoxy) is 1. The van der Waals surface area contributed by atoms with Gasteiger partial charge in [0.15, 0.2) is 0 Å². The fraction of sp³-hybridized carbons (Fsp3) is 0.250. The molecule has 62 valence electrons. The molecule has 4 heteroatoms. The smallest absolute Gasteiger partial charge is 0.310 e. The fourth-order valence-electron chi connectivity index (χ4n) is 0.747. The maximum absolute atomic E-state index is 10.8. The standard InChI is InChI=1S/C8H7NO2S/c1-11-8(10)4-6-2-3-7(5-9)12-6/h2-3H,4H2,1H3. The third-order valence-electron chi connectivity index (χ3n) is 1.32. The Labute approximate surface area is 74.2 Å². The summed E-state index contributed by atoms with van der Waals surface area (Å²) in [6, 6.07) is 5.47. The summed E-state index contributed by atoms with van der Waals surface area (Å²) >= 11 is 1.31. The molecule has 0 saturated carbocycles. The molecule has 1 rings (SSSR count). The number of thiophene rings is 1. The number of nitrogens with zero attached hydrogens (tertiary/aromatic N) is 1. The maximum atomic E-state index is 10.8. The molecule has 0 aliphatic rings. The van der Waals surface area contributed by atoms with E-state index in [1.54, 1.807) is 12.1 Å². The molecule has 12 heavy (non-hydrogen) atoms. The molecule has 1 heterocycles. The number of esters is 1. The van der Waals surface area contributed by atoms with Gasteiger partial charge in [-0.25, -0.2) is 0 Å². The van der Waals surface area contributed by atoms with Crippen LogP contribution in [0.3, 0.4) is 0 Å². The van der Waals surface area contributed by atoms with Gasteiger partial charge < -0.3 is 4.74 Å². The van der Waals surface area contributed by atoms with Crippen LogP contribution in [0.1, 0.15) is 9.75 Å². The number of nitriles is 1. The molecule has 0 aliphatic carbocycles. The molecule has 0 N–H and O–H groups in total. The highest BCUT2D eigenvalue weighted by atomic mass is 32.1. The molecule has 1 aromatic rings. The van der Waals surface area contributed by atoms with Crippen LogP contribution in [0.25, 0.3) is 0 Å². The van der Waals surface area contributed by atoms with E-state index in [4.69, 9.17) is 5.26 Å². The van der Waals surface area contributed by atoms with Crippen LogP contribution in [0.4, 0.5) is 0 Å². The van der Waals surface area contributed by atoms with Gasteiger partial charge in [0, 0.05) is 4.88 Å². The first-order chi connectivity index (χ1) is 5.76. The van der Waals surface area contributed by atoms with Gasteiger partial charge in [-0.15, -0.1) is 11.3 Å². The van der Waals surface area contributed by atoms with Crippen molar-refractivity contribution < 1.29 is 9.53 Å². The highest BCUT2D eigenvalue weighted by Crippen LogP contribution is 2.15. The van der Waals surface area contributed by atoms with Gasteiger partial charge in [0.2, 0.25) is 0 Å². The van der Waals surface area contributed by atoms with E-state index in [0.717, 1.165) is 4.88 Å². The maximum Gasteiger partial charge on any atom is 0.310 e. The first-order valence-electron chi connectivity index (χ1n) is 3.32. The lowest BCUT2D eigenvalue weighted by molar-refractivity contribution is -0.139. The van der Waals surface area contributed by atoms with E-state index >= 15 is 0 Å². The van der Waals surface area contributed by atoms with Gasteiger partial charge in [0.05, 0.1) is 13.5 Å². The van der Waals surface area contributed by atoms with Crippen molar-refractivity contribution in [3.63, 3.8) is 0 Å². The first-order valence-corrected chi connectivity index (χ1v) is 4.13. The molecule has 0 atom stereocenters. The zero-order chi connectivity index (χ0) is 8.97. The van der Waals surface area contributed by atoms with Gasteiger partial charge in [-0.1, -0.05) is 0 Å². The number of methoxy groups -OCH3 is 1. The van der Waals surface area contributed by atoms with E-state index in [-0.39, 0.29) is 12.4 Å². The van der Waals surface area contributed by atoms with Gasteiger partial charge in [-0.3, -0.25) is 4.79 Å². The third kappa shape index (κ3) is 2.07. The summed E-state index contributed by atoms with van der Waals surface area (Å²) in [4.78, 5) is 12.3. The van der Waals surface area contributed by atoms with Crippen molar-refractivity contribution in [1.82, 2.24) is 0 Å². The van der Waals surface area contributed by atoms with Crippen molar-refractivity contribution in [2.24, 2.45) is 0 Å². The lowest BCUT2D eigenvalue weighted by Crippen LogP contribution is -2.02. The van der Waals surface area contributed by atoms with Crippen molar-refractivity contribution in [2.75, 3.05) is 7.11 Å². The second-order valence-corrected chi connectivity index (χ2v) is 3.30. The highest BCUT2D eigenvalue weighted by Gasteiger charge is 2.05. The molecule has 0 aromatic carbocycles. The van der Waals surface area contributed by atoms with E-state index in [0.29, 0.717) is 4.88 Å². The third-order valence-corrected chi connectivity index (χ3v) is 2.31. The second-order valence-electron chi connectivity index (χ2n) is 2.13. The average Bonchev–Trinajstić information content (AvgIpc) is 2.52. The Balaban J connectivity index is 2.65. The van der Waals surface area contributed by atoms with Crippen LogP contribution >= 0.6 is 11.3 Å². The van der Waals surface area contributed by atoms with Crippen LogP contribution in [0, 0.1) is 11.3 Å². The lowest BCUT2D eigenvalue weighted by Gasteiger charge is -1.93. The van der Waals surface area contributed by atoms with E-state index in [1.807, 2.05) is 6.07 Å². The van der Waals surface area contributed by atoms with Crippen LogP contribution in [0.2, 0.25) is 0 Å². The summed E-state index contributed by atoms with van der Waals surface area (Å²) in [5.74, 6) is -0.277. The molecule has 0 radical (unpaired) electrons. The Kier molecular flexibility index (Phi) is 2.83. The van der Waals surface area contributed by atoms with Gasteiger partial charge in [-0.2, -0.15) is 5.26 Å². The molecule has 0 amide bonds. The van der Waals surface area contributed by atoms with E-state index in [1.165, 1.54) is 18.4 Å². The molecule has 3 nitrogen and oxygen atoms in total. The number of hydrogen-bond acceptors (Lipinski definition) is 4. The van der Waals surface area contributed by atoms with Crippen LogP contribution in [-0.2, 0) is 16.0 Å². The van der Waals surface area contributed by atoms with Gasteiger partial charge >= 0.3 is 5.97 Å². The number of carbonyl (C=O) groups is 1. The monoisotopic (exact) mass is 181 g/mol. The molecule has 0 bridgehead atoms. The van der Waals surface area contributed by atoms with Crippen LogP contribution < -0.4 is 0 Å². The SMILES string of the molecule is COC(=O)Cc1ccc(C#N)s1. The zero-order valence-electron chi connectivity index (χ0n) is 6.53. The molecule has 1 aromatic heterocycles. The van der Waals surface area contributed by atoms with E-state index in [9.17, 15) is 4.79 Å². The van der Waals surface area contributed by atoms with Crippen molar-refractivity contribution in [2.45, 2.75) is 6.42 Å². The van der Waals surface area contributed by atoms with Crippen molar-refractivity contribution >= 4 is 17.3 Å². The van der Waals surface area contributed by atoms with Crippen LogP contribution in [0.5, 0.6) is 0 Å². The summed E-state index contributed by atoms with van der Waals surface area (Å²) in [5.41, 5.74) is 0. The van der Waals surface area contributed by atoms with Crippen LogP contribution in [-0.4, -0.2) is 13.1 Å². The van der Waals surface area contributed by atoms with E-state index < -0.39 is 0 Å². The van der Waals surface area contributed by atoms with Gasteiger partial charge in [0.25, 0.3) is 0 Å². The van der Waals surface area contributed by atoms with Crippen molar-refractivity contribution in [3.05, 3.63) is 21.9 Å². The molecule has 0 aliphatic heterocycles. The quantitative estimate of drug-likeness (QED) is 0.647. The van der Waals surface area contributed by atoms with Crippen molar-refractivity contribution in [1.29, 1.82) is 5.26 Å². The zero-order valence-corrected chi connectivity index (χ0v) is 7.35. The number of hydrogen-bond donors (Lipinski definition) is 0. The summed E-state index contributed by atoms with van der Waals surface area (Å²) < 4.78 is 4.48. The predicted molar refractivity (Wildman–Crippen MR) is 44.8 cm³/mol. The number of carbonyl (C=O) groups excluding carboxylic acids is 1. The topological polar surface area (TPSA) is 50.1 Å². The minimum Gasteiger partial charge on any atom is -0.469 e. The summed E-state index contributed by atoms with van der Waals surface area (Å²) in [6.07, 6.45) is 0.253. The average molecular weight is 181 g/mol. The van der Waals surface area contributed by atoms with E-state index in [2.05, 4.69) is 4.74 Å². The van der Waals surface area contributed by atoms with Crippen LogP contribution in [0.15, 0.2) is 12.1 Å². The largest absolute Gasteiger partial charge is 0.469 e. The molecular formula is C8H7NO2S. The molecule has 0 fully saturated rings. The Morgan fingerprint density at radius 3 is 3.00 bits per heavy atom. The minimum absolute atomic E-state index is 0.253. The predicted octanol–water partition coefficient (Wildman–Crippen LogP) is 1.34. The first kappa shape index (κ1) is 8.75. The summed E-state index contributed by atoms with van der Waals surface area (Å²) in [7, 11) is 1.35. The summed E-state index contributed by atoms with van der Waals surface area (Å²) in [5, 5.41) is 8.49. The molecular weight excluding hydrogens is 174 g/mol. The van der Waals surface area contributed by atoms with Crippen molar-refractivity contribution in [3.8, 4) is 6.07 Å². The highest BCUT2D eigenvalue weighted by molar-refractivity contribution is 7.12. The Bertz CT molecular complexity index is 324. The molecule has 0 unspecified atom stereocenters. The van der Waals surface area contributed by atoms with Gasteiger partial charge in [0.1, 0.15) is 10.9 Å². The Hall–Kier alpha value is -1.34. The Morgan fingerprint density at radius 2 is 2.50 bits per heavy atom. The Morgan fingerprint density at radius 1 is 1.75 bits per heavy atom.